The third-order valence-corrected chi connectivity index (χ3v) is 7.02. The van der Waals surface area contributed by atoms with E-state index in [-0.39, 0.29) is 17.3 Å². The summed E-state index contributed by atoms with van der Waals surface area (Å²) in [4.78, 5) is 30.6. The zero-order chi connectivity index (χ0) is 29.1. The van der Waals surface area contributed by atoms with Crippen molar-refractivity contribution in [3.8, 4) is 17.2 Å². The number of methoxy groups -OCH3 is 2. The largest absolute Gasteiger partial charge is 0.507 e. The van der Waals surface area contributed by atoms with Crippen LogP contribution in [0.25, 0.3) is 5.76 Å². The number of carbonyl (C=O) groups excluding carboxylic acids is 2. The lowest BCUT2D eigenvalue weighted by molar-refractivity contribution is -0.132. The number of hydrogen-bond donors (Lipinski definition) is 1. The van der Waals surface area contributed by atoms with E-state index in [1.807, 2.05) is 70.1 Å². The topological polar surface area (TPSA) is 88.5 Å². The van der Waals surface area contributed by atoms with Gasteiger partial charge >= 0.3 is 0 Å². The van der Waals surface area contributed by atoms with Crippen LogP contribution in [0.4, 0.5) is 11.4 Å². The molecule has 1 amide bonds. The Morgan fingerprint density at radius 2 is 1.57 bits per heavy atom. The van der Waals surface area contributed by atoms with Crippen LogP contribution in [-0.4, -0.2) is 51.7 Å². The first-order valence-electron chi connectivity index (χ1n) is 13.2. The van der Waals surface area contributed by atoms with Crippen LogP contribution in [-0.2, 0) is 9.59 Å². The van der Waals surface area contributed by atoms with E-state index in [4.69, 9.17) is 14.2 Å². The van der Waals surface area contributed by atoms with Gasteiger partial charge in [0.2, 0.25) is 0 Å². The van der Waals surface area contributed by atoms with Crippen LogP contribution >= 0.6 is 0 Å². The maximum Gasteiger partial charge on any atom is 0.300 e. The van der Waals surface area contributed by atoms with Crippen molar-refractivity contribution in [2.75, 3.05) is 44.7 Å². The molecule has 4 rings (SSSR count). The number of aliphatic hydroxyl groups excluding tert-OH is 1. The zero-order valence-corrected chi connectivity index (χ0v) is 24.0. The molecule has 1 unspecified atom stereocenters. The highest BCUT2D eigenvalue weighted by atomic mass is 16.5. The van der Waals surface area contributed by atoms with Crippen molar-refractivity contribution in [2.45, 2.75) is 32.7 Å². The summed E-state index contributed by atoms with van der Waals surface area (Å²) >= 11 is 0. The molecule has 3 aromatic rings. The Morgan fingerprint density at radius 3 is 2.15 bits per heavy atom. The van der Waals surface area contributed by atoms with Gasteiger partial charge in [-0.1, -0.05) is 26.0 Å². The van der Waals surface area contributed by atoms with Gasteiger partial charge in [0.25, 0.3) is 11.7 Å². The number of Topliss-reactive ketones (excluding diaryl/α,β-unsaturated/α-hetero) is 1. The van der Waals surface area contributed by atoms with Crippen molar-refractivity contribution in [1.29, 1.82) is 0 Å². The SMILES string of the molecule is CCOc1ccc(/C(O)=C2/C(=O)C(=O)N(c3ccc(OC)c(OC)c3)C2c2ccc(N(C)C)cc2)cc1C(C)C. The van der Waals surface area contributed by atoms with Crippen molar-refractivity contribution < 1.29 is 28.9 Å². The van der Waals surface area contributed by atoms with Gasteiger partial charge in [0.15, 0.2) is 11.5 Å². The molecule has 210 valence electrons. The third kappa shape index (κ3) is 5.21. The summed E-state index contributed by atoms with van der Waals surface area (Å²) in [6.07, 6.45) is 0. The molecule has 1 heterocycles. The Kier molecular flexibility index (Phi) is 8.38. The first-order valence-corrected chi connectivity index (χ1v) is 13.2. The van der Waals surface area contributed by atoms with E-state index in [0.29, 0.717) is 34.9 Å². The van der Waals surface area contributed by atoms with E-state index >= 15 is 0 Å². The maximum atomic E-state index is 13.6. The molecule has 1 N–H and O–H groups in total. The van der Waals surface area contributed by atoms with Gasteiger partial charge in [-0.05, 0) is 66.4 Å². The molecule has 0 saturated carbocycles. The van der Waals surface area contributed by atoms with E-state index in [0.717, 1.165) is 17.0 Å². The molecule has 1 fully saturated rings. The number of ketones is 1. The van der Waals surface area contributed by atoms with Gasteiger partial charge in [-0.2, -0.15) is 0 Å². The van der Waals surface area contributed by atoms with E-state index in [2.05, 4.69) is 0 Å². The van der Waals surface area contributed by atoms with Gasteiger partial charge < -0.3 is 24.2 Å². The number of ether oxygens (including phenoxy) is 3. The number of aliphatic hydroxyl groups is 1. The first kappa shape index (κ1) is 28.5. The average molecular weight is 545 g/mol. The molecule has 8 heteroatoms. The van der Waals surface area contributed by atoms with Crippen LogP contribution in [0.5, 0.6) is 17.2 Å². The fraction of sp³-hybridized carbons (Fsp3) is 0.312. The normalized spacial score (nSPS) is 16.4. The van der Waals surface area contributed by atoms with Crippen molar-refractivity contribution in [3.05, 3.63) is 82.9 Å². The molecule has 0 spiro atoms. The van der Waals surface area contributed by atoms with Crippen molar-refractivity contribution in [1.82, 2.24) is 0 Å². The number of amides is 1. The van der Waals surface area contributed by atoms with Gasteiger partial charge in [-0.3, -0.25) is 14.5 Å². The Bertz CT molecular complexity index is 1440. The Morgan fingerprint density at radius 1 is 0.925 bits per heavy atom. The summed E-state index contributed by atoms with van der Waals surface area (Å²) in [5.41, 5.74) is 3.42. The summed E-state index contributed by atoms with van der Waals surface area (Å²) < 4.78 is 16.6. The Balaban J connectivity index is 1.94. The molecular weight excluding hydrogens is 508 g/mol. The summed E-state index contributed by atoms with van der Waals surface area (Å²) in [7, 11) is 6.90. The van der Waals surface area contributed by atoms with Crippen molar-refractivity contribution >= 4 is 28.8 Å². The third-order valence-electron chi connectivity index (χ3n) is 7.02. The Labute approximate surface area is 235 Å². The van der Waals surface area contributed by atoms with Crippen molar-refractivity contribution in [2.24, 2.45) is 0 Å². The number of rotatable bonds is 9. The number of carbonyl (C=O) groups is 2. The fourth-order valence-corrected chi connectivity index (χ4v) is 4.93. The number of benzene rings is 3. The first-order chi connectivity index (χ1) is 19.1. The second-order valence-corrected chi connectivity index (χ2v) is 10.0. The molecule has 8 nitrogen and oxygen atoms in total. The van der Waals surface area contributed by atoms with Crippen LogP contribution < -0.4 is 24.0 Å². The van der Waals surface area contributed by atoms with Gasteiger partial charge in [-0.15, -0.1) is 0 Å². The maximum absolute atomic E-state index is 13.6. The minimum atomic E-state index is -0.872. The second kappa shape index (κ2) is 11.7. The smallest absolute Gasteiger partial charge is 0.300 e. The van der Waals surface area contributed by atoms with Crippen molar-refractivity contribution in [3.63, 3.8) is 0 Å². The highest BCUT2D eigenvalue weighted by Gasteiger charge is 2.47. The van der Waals surface area contributed by atoms with Gasteiger partial charge in [0.05, 0.1) is 32.4 Å². The minimum absolute atomic E-state index is 0.0104. The standard InChI is InChI=1S/C32H36N2O6/c1-8-40-25-15-11-21(17-24(25)19(2)3)30(35)28-29(20-9-12-22(13-10-20)33(4)5)34(32(37)31(28)36)23-14-16-26(38-6)27(18-23)39-7/h9-19,29,35H,8H2,1-7H3/b30-28-. The highest BCUT2D eigenvalue weighted by molar-refractivity contribution is 6.51. The molecule has 0 aromatic heterocycles. The van der Waals surface area contributed by atoms with Crippen LogP contribution in [0.2, 0.25) is 0 Å². The summed E-state index contributed by atoms with van der Waals surface area (Å²) in [5, 5.41) is 11.6. The lowest BCUT2D eigenvalue weighted by atomic mass is 9.93. The summed E-state index contributed by atoms with van der Waals surface area (Å²) in [5.74, 6) is -0.0251. The zero-order valence-electron chi connectivity index (χ0n) is 24.0. The van der Waals surface area contributed by atoms with E-state index in [1.165, 1.54) is 19.1 Å². The van der Waals surface area contributed by atoms with Crippen LogP contribution in [0.3, 0.4) is 0 Å². The van der Waals surface area contributed by atoms with Crippen LogP contribution in [0, 0.1) is 0 Å². The molecule has 1 aliphatic rings. The van der Waals surface area contributed by atoms with E-state index in [1.54, 1.807) is 30.3 Å². The predicted octanol–water partition coefficient (Wildman–Crippen LogP) is 5.92. The monoisotopic (exact) mass is 544 g/mol. The molecule has 0 bridgehead atoms. The van der Waals surface area contributed by atoms with Gasteiger partial charge in [0.1, 0.15) is 11.5 Å². The van der Waals surface area contributed by atoms with Gasteiger partial charge in [-0.25, -0.2) is 0 Å². The molecule has 0 radical (unpaired) electrons. The van der Waals surface area contributed by atoms with E-state index < -0.39 is 17.7 Å². The molecule has 40 heavy (non-hydrogen) atoms. The molecule has 0 aliphatic carbocycles. The quantitative estimate of drug-likeness (QED) is 0.203. The molecule has 1 aliphatic heterocycles. The number of nitrogens with zero attached hydrogens (tertiary/aromatic N) is 2. The molecular formula is C32H36N2O6. The molecule has 1 atom stereocenters. The van der Waals surface area contributed by atoms with Crippen LogP contribution in [0.15, 0.2) is 66.2 Å². The fourth-order valence-electron chi connectivity index (χ4n) is 4.93. The summed E-state index contributed by atoms with van der Waals surface area (Å²) in [6, 6.07) is 17.0. The van der Waals surface area contributed by atoms with Gasteiger partial charge in [0, 0.05) is 37.1 Å². The molecule has 1 saturated heterocycles. The average Bonchev–Trinajstić information content (AvgIpc) is 3.22. The Hall–Kier alpha value is -4.46. The highest BCUT2D eigenvalue weighted by Crippen LogP contribution is 2.44. The molecule has 3 aromatic carbocycles. The summed E-state index contributed by atoms with van der Waals surface area (Å²) in [6.45, 7) is 6.48. The second-order valence-electron chi connectivity index (χ2n) is 10.0. The lowest BCUT2D eigenvalue weighted by Gasteiger charge is -2.26. The van der Waals surface area contributed by atoms with Crippen LogP contribution in [0.1, 0.15) is 49.4 Å². The minimum Gasteiger partial charge on any atom is -0.507 e. The van der Waals surface area contributed by atoms with E-state index in [9.17, 15) is 14.7 Å². The number of hydrogen-bond acceptors (Lipinski definition) is 7. The number of anilines is 2. The predicted molar refractivity (Wildman–Crippen MR) is 157 cm³/mol. The lowest BCUT2D eigenvalue weighted by Crippen LogP contribution is -2.29.